The molecule has 10 nitrogen and oxygen atoms in total. The number of hydrogen-bond acceptors (Lipinski definition) is 8. The van der Waals surface area contributed by atoms with Crippen molar-refractivity contribution in [2.24, 2.45) is 0 Å². The molecule has 3 aromatic rings. The number of carbonyl (C=O) groups is 4. The predicted octanol–water partition coefficient (Wildman–Crippen LogP) is 4.75. The minimum atomic E-state index is -0.949. The molecule has 0 radical (unpaired) electrons. The van der Waals surface area contributed by atoms with Gasteiger partial charge in [-0.05, 0) is 36.4 Å². The molecule has 1 heterocycles. The third-order valence-corrected chi connectivity index (χ3v) is 5.87. The van der Waals surface area contributed by atoms with Crippen molar-refractivity contribution in [2.75, 3.05) is 18.6 Å². The second kappa shape index (κ2) is 9.76. The van der Waals surface area contributed by atoms with Gasteiger partial charge in [0.15, 0.2) is 12.4 Å². The molecule has 3 aromatic carbocycles. The minimum Gasteiger partial charge on any atom is -0.496 e. The Morgan fingerprint density at radius 2 is 1.72 bits per heavy atom. The van der Waals surface area contributed by atoms with Gasteiger partial charge in [-0.15, -0.1) is 0 Å². The van der Waals surface area contributed by atoms with Crippen LogP contribution in [0.2, 0.25) is 10.0 Å². The number of carbonyl (C=O) groups excluding carboxylic acids is 4. The van der Waals surface area contributed by atoms with E-state index in [1.54, 1.807) is 0 Å². The summed E-state index contributed by atoms with van der Waals surface area (Å²) < 4.78 is 10.3. The van der Waals surface area contributed by atoms with Crippen LogP contribution in [0.15, 0.2) is 54.6 Å². The molecule has 0 saturated carbocycles. The van der Waals surface area contributed by atoms with Crippen LogP contribution in [0.5, 0.6) is 5.75 Å². The van der Waals surface area contributed by atoms with Gasteiger partial charge in [0.2, 0.25) is 0 Å². The molecular formula is C24H14Cl2N2O8. The molecule has 182 valence electrons. The summed E-state index contributed by atoms with van der Waals surface area (Å²) in [5.41, 5.74) is -1.09. The van der Waals surface area contributed by atoms with Gasteiger partial charge >= 0.3 is 5.97 Å². The van der Waals surface area contributed by atoms with Crippen LogP contribution >= 0.6 is 23.2 Å². The van der Waals surface area contributed by atoms with E-state index in [1.165, 1.54) is 43.5 Å². The number of ketones is 1. The average Bonchev–Trinajstić information content (AvgIpc) is 3.12. The van der Waals surface area contributed by atoms with E-state index in [0.29, 0.717) is 9.92 Å². The summed E-state index contributed by atoms with van der Waals surface area (Å²) in [6, 6.07) is 12.0. The summed E-state index contributed by atoms with van der Waals surface area (Å²) in [6.45, 7) is -0.578. The highest BCUT2D eigenvalue weighted by Crippen LogP contribution is 2.40. The molecule has 0 aliphatic carbocycles. The summed E-state index contributed by atoms with van der Waals surface area (Å²) in [5, 5.41) is 11.6. The molecular weight excluding hydrogens is 515 g/mol. The lowest BCUT2D eigenvalue weighted by Crippen LogP contribution is -2.30. The van der Waals surface area contributed by atoms with E-state index >= 15 is 0 Å². The molecule has 1 aliphatic rings. The number of anilines is 1. The molecule has 2 amide bonds. The van der Waals surface area contributed by atoms with Crippen molar-refractivity contribution < 1.29 is 33.6 Å². The minimum absolute atomic E-state index is 0.107. The zero-order chi connectivity index (χ0) is 26.1. The third-order valence-electron chi connectivity index (χ3n) is 5.32. The molecule has 0 bridgehead atoms. The Morgan fingerprint density at radius 3 is 2.36 bits per heavy atom. The SMILES string of the molecule is COc1cc(N2C(=O)c3cccc([N+](=O)[O-])c3C2=O)c(Cl)cc1C(=O)OCC(=O)c1ccc(Cl)cc1. The van der Waals surface area contributed by atoms with Gasteiger partial charge in [0.1, 0.15) is 16.9 Å². The molecule has 1 aliphatic heterocycles. The van der Waals surface area contributed by atoms with Crippen LogP contribution in [0, 0.1) is 10.1 Å². The number of halogens is 2. The first-order valence-electron chi connectivity index (χ1n) is 10.1. The Labute approximate surface area is 213 Å². The molecule has 0 saturated heterocycles. The van der Waals surface area contributed by atoms with Crippen LogP contribution in [0.3, 0.4) is 0 Å². The number of amides is 2. The molecule has 0 unspecified atom stereocenters. The van der Waals surface area contributed by atoms with E-state index < -0.39 is 40.8 Å². The summed E-state index contributed by atoms with van der Waals surface area (Å²) >= 11 is 12.1. The smallest absolute Gasteiger partial charge is 0.342 e. The number of ether oxygens (including phenoxy) is 2. The lowest BCUT2D eigenvalue weighted by molar-refractivity contribution is -0.385. The summed E-state index contributed by atoms with van der Waals surface area (Å²) in [4.78, 5) is 62.2. The second-order valence-electron chi connectivity index (χ2n) is 7.41. The molecule has 12 heteroatoms. The van der Waals surface area contributed by atoms with Crippen LogP contribution in [-0.2, 0) is 4.74 Å². The summed E-state index contributed by atoms with van der Waals surface area (Å²) in [5.74, 6) is -3.30. The zero-order valence-electron chi connectivity index (χ0n) is 18.3. The fourth-order valence-electron chi connectivity index (χ4n) is 3.61. The van der Waals surface area contributed by atoms with Crippen molar-refractivity contribution in [3.8, 4) is 5.75 Å². The largest absolute Gasteiger partial charge is 0.496 e. The summed E-state index contributed by atoms with van der Waals surface area (Å²) in [7, 11) is 1.23. The number of benzene rings is 3. The Balaban J connectivity index is 1.61. The maximum absolute atomic E-state index is 13.0. The number of imide groups is 1. The highest BCUT2D eigenvalue weighted by Gasteiger charge is 2.43. The number of methoxy groups -OCH3 is 1. The van der Waals surface area contributed by atoms with Crippen LogP contribution in [0.4, 0.5) is 11.4 Å². The van der Waals surface area contributed by atoms with Gasteiger partial charge in [0, 0.05) is 22.7 Å². The number of esters is 1. The van der Waals surface area contributed by atoms with Crippen molar-refractivity contribution in [3.63, 3.8) is 0 Å². The molecule has 4 rings (SSSR count). The Bertz CT molecular complexity index is 1450. The second-order valence-corrected chi connectivity index (χ2v) is 8.26. The molecule has 0 aromatic heterocycles. The molecule has 0 fully saturated rings. The Hall–Kier alpha value is -4.28. The maximum atomic E-state index is 13.0. The van der Waals surface area contributed by atoms with Gasteiger partial charge in [-0.1, -0.05) is 29.3 Å². The first kappa shape index (κ1) is 24.8. The van der Waals surface area contributed by atoms with Gasteiger partial charge < -0.3 is 9.47 Å². The monoisotopic (exact) mass is 528 g/mol. The van der Waals surface area contributed by atoms with Gasteiger partial charge in [-0.25, -0.2) is 9.69 Å². The third kappa shape index (κ3) is 4.39. The topological polar surface area (TPSA) is 133 Å². The summed E-state index contributed by atoms with van der Waals surface area (Å²) in [6.07, 6.45) is 0. The fraction of sp³-hybridized carbons (Fsp3) is 0.0833. The highest BCUT2D eigenvalue weighted by molar-refractivity contribution is 6.40. The van der Waals surface area contributed by atoms with Crippen molar-refractivity contribution in [1.82, 2.24) is 0 Å². The molecule has 0 atom stereocenters. The first-order valence-corrected chi connectivity index (χ1v) is 10.9. The van der Waals surface area contributed by atoms with E-state index in [2.05, 4.69) is 0 Å². The zero-order valence-corrected chi connectivity index (χ0v) is 19.8. The number of nitrogens with zero attached hydrogens (tertiary/aromatic N) is 2. The lowest BCUT2D eigenvalue weighted by Gasteiger charge is -2.18. The van der Waals surface area contributed by atoms with E-state index in [1.807, 2.05) is 0 Å². The van der Waals surface area contributed by atoms with Crippen molar-refractivity contribution >= 4 is 58.1 Å². The van der Waals surface area contributed by atoms with Gasteiger partial charge in [-0.2, -0.15) is 0 Å². The van der Waals surface area contributed by atoms with E-state index in [0.717, 1.165) is 18.2 Å². The normalized spacial score (nSPS) is 12.4. The quantitative estimate of drug-likeness (QED) is 0.141. The number of rotatable bonds is 7. The predicted molar refractivity (Wildman–Crippen MR) is 128 cm³/mol. The number of Topliss-reactive ketones (excluding diaryl/α,β-unsaturated/α-hetero) is 1. The number of hydrogen-bond donors (Lipinski definition) is 0. The van der Waals surface area contributed by atoms with Crippen molar-refractivity contribution in [1.29, 1.82) is 0 Å². The molecule has 0 spiro atoms. The van der Waals surface area contributed by atoms with E-state index in [-0.39, 0.29) is 38.7 Å². The first-order chi connectivity index (χ1) is 17.1. The molecule has 36 heavy (non-hydrogen) atoms. The number of nitro benzene ring substituents is 1. The number of nitro groups is 1. The van der Waals surface area contributed by atoms with Crippen LogP contribution < -0.4 is 9.64 Å². The fourth-order valence-corrected chi connectivity index (χ4v) is 3.98. The highest BCUT2D eigenvalue weighted by atomic mass is 35.5. The van der Waals surface area contributed by atoms with E-state index in [4.69, 9.17) is 32.7 Å². The Morgan fingerprint density at radius 1 is 1.03 bits per heavy atom. The van der Waals surface area contributed by atoms with Crippen molar-refractivity contribution in [2.45, 2.75) is 0 Å². The average molecular weight is 529 g/mol. The lowest BCUT2D eigenvalue weighted by atomic mass is 10.1. The van der Waals surface area contributed by atoms with Gasteiger partial charge in [0.05, 0.1) is 28.3 Å². The number of fused-ring (bicyclic) bond motifs is 1. The Kier molecular flexibility index (Phi) is 6.73. The van der Waals surface area contributed by atoms with Gasteiger partial charge in [0.25, 0.3) is 17.5 Å². The van der Waals surface area contributed by atoms with Gasteiger partial charge in [-0.3, -0.25) is 24.5 Å². The van der Waals surface area contributed by atoms with Crippen LogP contribution in [-0.4, -0.2) is 42.2 Å². The molecule has 0 N–H and O–H groups in total. The standard InChI is InChI=1S/C24H14Cl2N2O8/c1-35-20-10-18(27-22(30)14-3-2-4-17(28(33)34)21(14)23(27)31)16(26)9-15(20)24(32)36-11-19(29)12-5-7-13(25)8-6-12/h2-10H,11H2,1H3. The van der Waals surface area contributed by atoms with Crippen molar-refractivity contribution in [3.05, 3.63) is 97.0 Å². The van der Waals surface area contributed by atoms with Crippen LogP contribution in [0.1, 0.15) is 41.4 Å². The maximum Gasteiger partial charge on any atom is 0.342 e. The van der Waals surface area contributed by atoms with E-state index in [9.17, 15) is 29.3 Å². The van der Waals surface area contributed by atoms with Crippen LogP contribution in [0.25, 0.3) is 0 Å².